The SMILES string of the molecule is Nc1cccc(Sc2ncc(N3CCC4(CC3)COCC4N)nc2N)c1Cl. The zero-order valence-corrected chi connectivity index (χ0v) is 16.5. The maximum atomic E-state index is 6.26. The Morgan fingerprint density at radius 3 is 2.70 bits per heavy atom. The average Bonchev–Trinajstić information content (AvgIpc) is 3.01. The molecule has 0 bridgehead atoms. The molecule has 0 aliphatic carbocycles. The molecule has 7 nitrogen and oxygen atoms in total. The summed E-state index contributed by atoms with van der Waals surface area (Å²) in [4.78, 5) is 12.1. The van der Waals surface area contributed by atoms with E-state index in [1.165, 1.54) is 11.8 Å². The van der Waals surface area contributed by atoms with Crippen molar-refractivity contribution in [1.29, 1.82) is 0 Å². The van der Waals surface area contributed by atoms with Crippen LogP contribution in [0.1, 0.15) is 12.8 Å². The predicted molar refractivity (Wildman–Crippen MR) is 109 cm³/mol. The van der Waals surface area contributed by atoms with Crippen molar-refractivity contribution in [3.8, 4) is 0 Å². The van der Waals surface area contributed by atoms with Gasteiger partial charge in [-0.25, -0.2) is 9.97 Å². The number of nitrogens with zero attached hydrogens (tertiary/aromatic N) is 3. The van der Waals surface area contributed by atoms with Crippen molar-refractivity contribution in [3.63, 3.8) is 0 Å². The van der Waals surface area contributed by atoms with Gasteiger partial charge in [-0.2, -0.15) is 0 Å². The number of hydrogen-bond acceptors (Lipinski definition) is 8. The zero-order valence-electron chi connectivity index (χ0n) is 14.9. The lowest BCUT2D eigenvalue weighted by Crippen LogP contribution is -2.49. The van der Waals surface area contributed by atoms with E-state index in [0.29, 0.717) is 28.2 Å². The molecule has 144 valence electrons. The van der Waals surface area contributed by atoms with E-state index < -0.39 is 0 Å². The summed E-state index contributed by atoms with van der Waals surface area (Å²) in [5.74, 6) is 1.18. The predicted octanol–water partition coefficient (Wildman–Crippen LogP) is 2.39. The maximum Gasteiger partial charge on any atom is 0.158 e. The van der Waals surface area contributed by atoms with Crippen molar-refractivity contribution in [2.75, 3.05) is 42.7 Å². The first-order valence-electron chi connectivity index (χ1n) is 8.91. The Balaban J connectivity index is 1.47. The van der Waals surface area contributed by atoms with Crippen LogP contribution in [0.25, 0.3) is 0 Å². The summed E-state index contributed by atoms with van der Waals surface area (Å²) in [6, 6.07) is 5.62. The Labute approximate surface area is 167 Å². The molecule has 27 heavy (non-hydrogen) atoms. The Bertz CT molecular complexity index is 843. The van der Waals surface area contributed by atoms with Gasteiger partial charge in [0.15, 0.2) is 5.82 Å². The van der Waals surface area contributed by atoms with E-state index in [0.717, 1.165) is 43.3 Å². The third-order valence-electron chi connectivity index (χ3n) is 5.51. The van der Waals surface area contributed by atoms with Crippen LogP contribution in [-0.2, 0) is 4.74 Å². The first-order valence-corrected chi connectivity index (χ1v) is 10.1. The molecule has 4 rings (SSSR count). The minimum atomic E-state index is 0.106. The third kappa shape index (κ3) is 3.54. The van der Waals surface area contributed by atoms with Crippen LogP contribution in [0.2, 0.25) is 5.02 Å². The van der Waals surface area contributed by atoms with E-state index in [1.54, 1.807) is 12.3 Å². The first-order chi connectivity index (χ1) is 13.0. The van der Waals surface area contributed by atoms with Crippen molar-refractivity contribution in [2.24, 2.45) is 11.1 Å². The Morgan fingerprint density at radius 2 is 2.04 bits per heavy atom. The highest BCUT2D eigenvalue weighted by Gasteiger charge is 2.44. The van der Waals surface area contributed by atoms with Crippen LogP contribution in [0.5, 0.6) is 0 Å². The fourth-order valence-electron chi connectivity index (χ4n) is 3.69. The monoisotopic (exact) mass is 406 g/mol. The Morgan fingerprint density at radius 1 is 1.26 bits per heavy atom. The van der Waals surface area contributed by atoms with Gasteiger partial charge < -0.3 is 26.8 Å². The normalized spacial score (nSPS) is 21.7. The zero-order chi connectivity index (χ0) is 19.0. The molecule has 0 saturated carbocycles. The number of aromatic nitrogens is 2. The molecule has 0 radical (unpaired) electrons. The summed E-state index contributed by atoms with van der Waals surface area (Å²) in [6.07, 6.45) is 3.75. The van der Waals surface area contributed by atoms with Gasteiger partial charge in [0, 0.05) is 29.4 Å². The third-order valence-corrected chi connectivity index (χ3v) is 7.11. The number of piperidine rings is 1. The molecule has 1 atom stereocenters. The fraction of sp³-hybridized carbons (Fsp3) is 0.444. The van der Waals surface area contributed by atoms with E-state index in [2.05, 4.69) is 14.9 Å². The van der Waals surface area contributed by atoms with Crippen molar-refractivity contribution >= 4 is 40.7 Å². The summed E-state index contributed by atoms with van der Waals surface area (Å²) in [5.41, 5.74) is 18.9. The smallest absolute Gasteiger partial charge is 0.158 e. The molecule has 1 unspecified atom stereocenters. The van der Waals surface area contributed by atoms with Crippen LogP contribution in [0.3, 0.4) is 0 Å². The van der Waals surface area contributed by atoms with Gasteiger partial charge in [0.25, 0.3) is 0 Å². The Kier molecular flexibility index (Phi) is 5.07. The van der Waals surface area contributed by atoms with Crippen molar-refractivity contribution < 1.29 is 4.74 Å². The number of anilines is 3. The molecular weight excluding hydrogens is 384 g/mol. The summed E-state index contributed by atoms with van der Waals surface area (Å²) in [5, 5.41) is 1.12. The van der Waals surface area contributed by atoms with Crippen LogP contribution in [0.4, 0.5) is 17.3 Å². The van der Waals surface area contributed by atoms with Crippen molar-refractivity contribution in [1.82, 2.24) is 9.97 Å². The number of nitrogens with two attached hydrogens (primary N) is 3. The second-order valence-corrected chi connectivity index (χ2v) is 8.56. The molecule has 2 aliphatic rings. The van der Waals surface area contributed by atoms with Crippen molar-refractivity contribution in [2.45, 2.75) is 28.8 Å². The highest BCUT2D eigenvalue weighted by atomic mass is 35.5. The lowest BCUT2D eigenvalue weighted by molar-refractivity contribution is 0.131. The quantitative estimate of drug-likeness (QED) is 0.665. The maximum absolute atomic E-state index is 6.26. The summed E-state index contributed by atoms with van der Waals surface area (Å²) < 4.78 is 5.59. The molecule has 2 saturated heterocycles. The van der Waals surface area contributed by atoms with Crippen LogP contribution in [-0.4, -0.2) is 42.3 Å². The van der Waals surface area contributed by atoms with Crippen molar-refractivity contribution in [3.05, 3.63) is 29.4 Å². The number of rotatable bonds is 3. The lowest BCUT2D eigenvalue weighted by atomic mass is 9.75. The van der Waals surface area contributed by atoms with E-state index in [9.17, 15) is 0 Å². The van der Waals surface area contributed by atoms with E-state index in [4.69, 9.17) is 33.5 Å². The van der Waals surface area contributed by atoms with E-state index in [-0.39, 0.29) is 11.5 Å². The van der Waals surface area contributed by atoms with Gasteiger partial charge in [0.2, 0.25) is 0 Å². The van der Waals surface area contributed by atoms with Crippen LogP contribution in [0, 0.1) is 5.41 Å². The van der Waals surface area contributed by atoms with Crippen LogP contribution < -0.4 is 22.1 Å². The molecule has 6 N–H and O–H groups in total. The number of nitrogen functional groups attached to an aromatic ring is 2. The Hall–Kier alpha value is -1.74. The molecule has 3 heterocycles. The van der Waals surface area contributed by atoms with Gasteiger partial charge >= 0.3 is 0 Å². The number of hydrogen-bond donors (Lipinski definition) is 3. The van der Waals surface area contributed by atoms with Gasteiger partial charge in [0.1, 0.15) is 10.8 Å². The number of ether oxygens (including phenoxy) is 1. The first kappa shape index (κ1) is 18.6. The number of halogens is 1. The second-order valence-electron chi connectivity index (χ2n) is 7.15. The second kappa shape index (κ2) is 7.35. The molecule has 1 aromatic carbocycles. The van der Waals surface area contributed by atoms with Gasteiger partial charge in [-0.05, 0) is 25.0 Å². The largest absolute Gasteiger partial charge is 0.397 e. The average molecular weight is 407 g/mol. The van der Waals surface area contributed by atoms with Gasteiger partial charge in [-0.15, -0.1) is 0 Å². The fourth-order valence-corrected chi connectivity index (χ4v) is 4.75. The van der Waals surface area contributed by atoms with Gasteiger partial charge in [-0.3, -0.25) is 0 Å². The standard InChI is InChI=1S/C18H23ClN6OS/c19-15-11(20)2-1-3-12(15)27-17-16(22)24-14(8-23-17)25-6-4-18(5-7-25)10-26-9-13(18)21/h1-3,8,13H,4-7,9-10,20-21H2,(H2,22,24). The topological polar surface area (TPSA) is 116 Å². The molecule has 1 aromatic heterocycles. The van der Waals surface area contributed by atoms with Gasteiger partial charge in [0.05, 0.1) is 30.1 Å². The molecule has 2 fully saturated rings. The highest BCUT2D eigenvalue weighted by Crippen LogP contribution is 2.40. The minimum Gasteiger partial charge on any atom is -0.397 e. The number of benzene rings is 1. The van der Waals surface area contributed by atoms with Crippen LogP contribution >= 0.6 is 23.4 Å². The van der Waals surface area contributed by atoms with E-state index in [1.807, 2.05) is 12.1 Å². The van der Waals surface area contributed by atoms with Crippen LogP contribution in [0.15, 0.2) is 34.3 Å². The van der Waals surface area contributed by atoms with E-state index >= 15 is 0 Å². The lowest BCUT2D eigenvalue weighted by Gasteiger charge is -2.41. The highest BCUT2D eigenvalue weighted by molar-refractivity contribution is 7.99. The minimum absolute atomic E-state index is 0.106. The molecule has 9 heteroatoms. The molecule has 1 spiro atoms. The summed E-state index contributed by atoms with van der Waals surface area (Å²) >= 11 is 7.62. The summed E-state index contributed by atoms with van der Waals surface area (Å²) in [7, 11) is 0. The molecule has 0 amide bonds. The summed E-state index contributed by atoms with van der Waals surface area (Å²) in [6.45, 7) is 3.16. The van der Waals surface area contributed by atoms with Gasteiger partial charge in [-0.1, -0.05) is 29.4 Å². The molecule has 2 aliphatic heterocycles. The molecule has 2 aromatic rings. The molecular formula is C18H23ClN6OS.